The van der Waals surface area contributed by atoms with Gasteiger partial charge in [-0.1, -0.05) is 35.4 Å². The minimum Gasteiger partial charge on any atom is -0.266 e. The van der Waals surface area contributed by atoms with E-state index in [1.54, 1.807) is 36.4 Å². The van der Waals surface area contributed by atoms with Crippen LogP contribution in [0.1, 0.15) is 30.4 Å². The minimum absolute atomic E-state index is 0.0246. The van der Waals surface area contributed by atoms with E-state index in [9.17, 15) is 16.8 Å². The Balaban J connectivity index is 1.41. The quantitative estimate of drug-likeness (QED) is 0.596. The Morgan fingerprint density at radius 2 is 1.30 bits per heavy atom. The monoisotopic (exact) mass is 450 g/mol. The molecule has 0 radical (unpaired) electrons. The molecular formula is C22H26O6S2. The van der Waals surface area contributed by atoms with Crippen LogP contribution in [0.2, 0.25) is 0 Å². The third-order valence-electron chi connectivity index (χ3n) is 6.20. The van der Waals surface area contributed by atoms with Gasteiger partial charge in [-0.15, -0.1) is 0 Å². The largest absolute Gasteiger partial charge is 0.297 e. The summed E-state index contributed by atoms with van der Waals surface area (Å²) in [4.78, 5) is 0.275. The summed E-state index contributed by atoms with van der Waals surface area (Å²) in [5.74, 6) is 0.273. The molecule has 2 bridgehead atoms. The van der Waals surface area contributed by atoms with Crippen molar-refractivity contribution in [3.8, 4) is 0 Å². The summed E-state index contributed by atoms with van der Waals surface area (Å²) in [7, 11) is -7.70. The van der Waals surface area contributed by atoms with Gasteiger partial charge in [-0.3, -0.25) is 8.37 Å². The predicted molar refractivity (Wildman–Crippen MR) is 112 cm³/mol. The van der Waals surface area contributed by atoms with Gasteiger partial charge in [-0.2, -0.15) is 16.8 Å². The fourth-order valence-corrected chi connectivity index (χ4v) is 6.69. The fraction of sp³-hybridized carbons (Fsp3) is 0.455. The molecule has 0 spiro atoms. The average molecular weight is 451 g/mol. The Bertz CT molecular complexity index is 1100. The van der Waals surface area contributed by atoms with Gasteiger partial charge in [-0.25, -0.2) is 0 Å². The van der Waals surface area contributed by atoms with E-state index in [4.69, 9.17) is 8.37 Å². The van der Waals surface area contributed by atoms with Gasteiger partial charge in [0.2, 0.25) is 0 Å². The molecule has 6 nitrogen and oxygen atoms in total. The number of fused-ring (bicyclic) bond motifs is 2. The highest BCUT2D eigenvalue weighted by molar-refractivity contribution is 7.87. The maximum absolute atomic E-state index is 12.7. The molecule has 30 heavy (non-hydrogen) atoms. The van der Waals surface area contributed by atoms with Crippen LogP contribution in [0.25, 0.3) is 0 Å². The molecule has 0 aromatic heterocycles. The third-order valence-corrected chi connectivity index (χ3v) is 8.84. The first-order chi connectivity index (χ1) is 14.1. The van der Waals surface area contributed by atoms with Crippen molar-refractivity contribution in [3.63, 3.8) is 0 Å². The molecule has 2 aromatic rings. The smallest absolute Gasteiger partial charge is 0.266 e. The van der Waals surface area contributed by atoms with E-state index >= 15 is 0 Å². The number of aryl methyl sites for hydroxylation is 2. The van der Waals surface area contributed by atoms with E-state index in [-0.39, 0.29) is 28.2 Å². The molecule has 0 amide bonds. The van der Waals surface area contributed by atoms with E-state index in [1.807, 2.05) is 13.8 Å². The average Bonchev–Trinajstić information content (AvgIpc) is 3.27. The molecule has 0 heterocycles. The standard InChI is InChI=1S/C22H26O6S2/c1-15-3-7-19(8-4-15)29(23,24)27-14-18-11-17-12-21(18)22(13-17)28-30(25,26)20-9-5-16(2)6-10-20/h3-10,17-18,21-22H,11-14H2,1-2H3/t17-,18-,21+,22+/m0/s1. The van der Waals surface area contributed by atoms with Gasteiger partial charge in [0.25, 0.3) is 20.2 Å². The van der Waals surface area contributed by atoms with Crippen LogP contribution >= 0.6 is 0 Å². The highest BCUT2D eigenvalue weighted by Crippen LogP contribution is 2.50. The van der Waals surface area contributed by atoms with E-state index in [1.165, 1.54) is 12.1 Å². The summed E-state index contributed by atoms with van der Waals surface area (Å²) in [6.45, 7) is 3.82. The van der Waals surface area contributed by atoms with Gasteiger partial charge in [-0.05, 0) is 75.1 Å². The maximum Gasteiger partial charge on any atom is 0.297 e. The lowest BCUT2D eigenvalue weighted by Crippen LogP contribution is -2.32. The predicted octanol–water partition coefficient (Wildman–Crippen LogP) is 3.83. The summed E-state index contributed by atoms with van der Waals surface area (Å²) in [6.07, 6.45) is 1.91. The Kier molecular flexibility index (Phi) is 5.78. The van der Waals surface area contributed by atoms with Gasteiger partial charge >= 0.3 is 0 Å². The fourth-order valence-electron chi connectivity index (χ4n) is 4.60. The van der Waals surface area contributed by atoms with Crippen molar-refractivity contribution in [1.29, 1.82) is 0 Å². The Labute approximate surface area is 178 Å². The van der Waals surface area contributed by atoms with E-state index in [2.05, 4.69) is 0 Å². The number of hydrogen-bond acceptors (Lipinski definition) is 6. The van der Waals surface area contributed by atoms with Crippen molar-refractivity contribution in [2.45, 2.75) is 49.0 Å². The second kappa shape index (κ2) is 8.07. The molecular weight excluding hydrogens is 424 g/mol. The highest BCUT2D eigenvalue weighted by atomic mass is 32.2. The lowest BCUT2D eigenvalue weighted by Gasteiger charge is -2.28. The molecule has 0 unspecified atom stereocenters. The van der Waals surface area contributed by atoms with Gasteiger partial charge < -0.3 is 0 Å². The topological polar surface area (TPSA) is 86.7 Å². The van der Waals surface area contributed by atoms with E-state index in [0.717, 1.165) is 24.0 Å². The van der Waals surface area contributed by atoms with Crippen molar-refractivity contribution < 1.29 is 25.2 Å². The van der Waals surface area contributed by atoms with Crippen molar-refractivity contribution >= 4 is 20.2 Å². The van der Waals surface area contributed by atoms with Crippen molar-refractivity contribution in [3.05, 3.63) is 59.7 Å². The molecule has 2 aliphatic rings. The summed E-state index contributed by atoms with van der Waals surface area (Å²) in [6, 6.07) is 13.1. The lowest BCUT2D eigenvalue weighted by atomic mass is 9.87. The molecule has 2 aromatic carbocycles. The highest BCUT2D eigenvalue weighted by Gasteiger charge is 2.49. The van der Waals surface area contributed by atoms with Crippen LogP contribution in [-0.2, 0) is 28.6 Å². The zero-order chi connectivity index (χ0) is 21.5. The Hall–Kier alpha value is -1.74. The Morgan fingerprint density at radius 3 is 1.83 bits per heavy atom. The maximum atomic E-state index is 12.7. The summed E-state index contributed by atoms with van der Waals surface area (Å²) in [5, 5.41) is 0. The van der Waals surface area contributed by atoms with Crippen LogP contribution in [0.15, 0.2) is 58.3 Å². The molecule has 2 aliphatic carbocycles. The van der Waals surface area contributed by atoms with Gasteiger partial charge in [0, 0.05) is 0 Å². The first-order valence-corrected chi connectivity index (χ1v) is 12.9. The van der Waals surface area contributed by atoms with Crippen LogP contribution in [0.5, 0.6) is 0 Å². The Morgan fingerprint density at radius 1 is 0.767 bits per heavy atom. The molecule has 0 aliphatic heterocycles. The van der Waals surface area contributed by atoms with Gasteiger partial charge in [0.1, 0.15) is 0 Å². The number of rotatable bonds is 7. The van der Waals surface area contributed by atoms with Crippen LogP contribution in [-0.4, -0.2) is 29.5 Å². The van der Waals surface area contributed by atoms with Crippen LogP contribution in [0.4, 0.5) is 0 Å². The summed E-state index contributed by atoms with van der Waals surface area (Å²) >= 11 is 0. The third kappa shape index (κ3) is 4.46. The van der Waals surface area contributed by atoms with E-state index < -0.39 is 26.3 Å². The summed E-state index contributed by atoms with van der Waals surface area (Å²) < 4.78 is 61.2. The van der Waals surface area contributed by atoms with Gasteiger partial charge in [0.15, 0.2) is 0 Å². The molecule has 0 saturated heterocycles. The molecule has 4 rings (SSSR count). The van der Waals surface area contributed by atoms with Crippen LogP contribution in [0, 0.1) is 31.6 Å². The van der Waals surface area contributed by atoms with Crippen molar-refractivity contribution in [1.82, 2.24) is 0 Å². The molecule has 8 heteroatoms. The molecule has 2 saturated carbocycles. The number of hydrogen-bond donors (Lipinski definition) is 0. The second-order valence-corrected chi connectivity index (χ2v) is 11.6. The van der Waals surface area contributed by atoms with Crippen LogP contribution < -0.4 is 0 Å². The first-order valence-electron chi connectivity index (χ1n) is 10.1. The molecule has 0 N–H and O–H groups in total. The molecule has 2 fully saturated rings. The zero-order valence-electron chi connectivity index (χ0n) is 17.0. The SMILES string of the molecule is Cc1ccc(S(=O)(=O)OC[C@@H]2C[C@H]3C[C@H]2[C@H](OS(=O)(=O)c2ccc(C)cc2)C3)cc1. The number of benzene rings is 2. The zero-order valence-corrected chi connectivity index (χ0v) is 18.7. The van der Waals surface area contributed by atoms with Crippen molar-refractivity contribution in [2.24, 2.45) is 17.8 Å². The molecule has 162 valence electrons. The first kappa shape index (κ1) is 21.5. The normalized spacial score (nSPS) is 26.2. The van der Waals surface area contributed by atoms with Crippen molar-refractivity contribution in [2.75, 3.05) is 6.61 Å². The minimum atomic E-state index is -3.86. The molecule has 4 atom stereocenters. The lowest BCUT2D eigenvalue weighted by molar-refractivity contribution is 0.0852. The van der Waals surface area contributed by atoms with Gasteiger partial charge in [0.05, 0.1) is 22.5 Å². The summed E-state index contributed by atoms with van der Waals surface area (Å²) in [5.41, 5.74) is 1.94. The van der Waals surface area contributed by atoms with E-state index in [0.29, 0.717) is 12.3 Å². The second-order valence-electron chi connectivity index (χ2n) is 8.45. The van der Waals surface area contributed by atoms with Crippen LogP contribution in [0.3, 0.4) is 0 Å².